The Bertz CT molecular complexity index is 254. The summed E-state index contributed by atoms with van der Waals surface area (Å²) < 4.78 is 6.23. The molecule has 0 bridgehead atoms. The standard InChI is InChI=1S/C8H13BrN2OS/c1-3-4-6(2)5-12-8-11-10-7(9)13-8/h6H,3-5H2,1-2H3. The van der Waals surface area contributed by atoms with Crippen molar-refractivity contribution in [3.63, 3.8) is 0 Å². The number of halogens is 1. The van der Waals surface area contributed by atoms with Crippen LogP contribution in [0.25, 0.3) is 0 Å². The van der Waals surface area contributed by atoms with Crippen LogP contribution in [0.3, 0.4) is 0 Å². The molecule has 0 saturated heterocycles. The second kappa shape index (κ2) is 5.54. The van der Waals surface area contributed by atoms with Gasteiger partial charge in [-0.25, -0.2) is 0 Å². The first kappa shape index (κ1) is 10.9. The van der Waals surface area contributed by atoms with Gasteiger partial charge in [-0.2, -0.15) is 0 Å². The lowest BCUT2D eigenvalue weighted by Crippen LogP contribution is -2.07. The highest BCUT2D eigenvalue weighted by molar-refractivity contribution is 9.11. The Labute approximate surface area is 90.7 Å². The lowest BCUT2D eigenvalue weighted by molar-refractivity contribution is 0.249. The molecule has 0 N–H and O–H groups in total. The minimum Gasteiger partial charge on any atom is -0.469 e. The van der Waals surface area contributed by atoms with E-state index in [9.17, 15) is 0 Å². The molecule has 1 rings (SSSR count). The summed E-state index contributed by atoms with van der Waals surface area (Å²) in [4.78, 5) is 0. The van der Waals surface area contributed by atoms with Gasteiger partial charge in [-0.1, -0.05) is 25.4 Å². The summed E-state index contributed by atoms with van der Waals surface area (Å²) in [7, 11) is 0. The highest BCUT2D eigenvalue weighted by Gasteiger charge is 2.05. The van der Waals surface area contributed by atoms with Crippen molar-refractivity contribution in [3.8, 4) is 5.19 Å². The molecule has 0 fully saturated rings. The van der Waals surface area contributed by atoms with Gasteiger partial charge in [0, 0.05) is 0 Å². The minimum atomic E-state index is 0.590. The van der Waals surface area contributed by atoms with Gasteiger partial charge in [0.25, 0.3) is 5.19 Å². The van der Waals surface area contributed by atoms with E-state index in [0.29, 0.717) is 11.1 Å². The first-order chi connectivity index (χ1) is 6.22. The van der Waals surface area contributed by atoms with Gasteiger partial charge >= 0.3 is 0 Å². The quantitative estimate of drug-likeness (QED) is 0.820. The van der Waals surface area contributed by atoms with Crippen molar-refractivity contribution in [2.75, 3.05) is 6.61 Å². The van der Waals surface area contributed by atoms with Gasteiger partial charge in [0.05, 0.1) is 6.61 Å². The van der Waals surface area contributed by atoms with Crippen LogP contribution < -0.4 is 4.74 Å². The average molecular weight is 265 g/mol. The third-order valence-electron chi connectivity index (χ3n) is 1.65. The van der Waals surface area contributed by atoms with Crippen molar-refractivity contribution in [1.82, 2.24) is 10.2 Å². The van der Waals surface area contributed by atoms with Gasteiger partial charge < -0.3 is 4.74 Å². The zero-order valence-corrected chi connectivity index (χ0v) is 10.2. The Kier molecular flexibility index (Phi) is 4.66. The molecule has 0 spiro atoms. The van der Waals surface area contributed by atoms with Gasteiger partial charge in [-0.3, -0.25) is 0 Å². The second-order valence-electron chi connectivity index (χ2n) is 3.03. The van der Waals surface area contributed by atoms with E-state index in [-0.39, 0.29) is 0 Å². The maximum Gasteiger partial charge on any atom is 0.294 e. The third-order valence-corrected chi connectivity index (χ3v) is 2.92. The van der Waals surface area contributed by atoms with Gasteiger partial charge in [0.15, 0.2) is 3.92 Å². The molecule has 3 nitrogen and oxygen atoms in total. The molecule has 0 aromatic carbocycles. The molecule has 1 atom stereocenters. The second-order valence-corrected chi connectivity index (χ2v) is 5.24. The summed E-state index contributed by atoms with van der Waals surface area (Å²) >= 11 is 4.65. The van der Waals surface area contributed by atoms with Gasteiger partial charge in [-0.05, 0) is 39.6 Å². The molecule has 0 amide bonds. The normalized spacial score (nSPS) is 12.8. The average Bonchev–Trinajstić information content (AvgIpc) is 2.49. The first-order valence-electron chi connectivity index (χ1n) is 4.34. The molecular formula is C8H13BrN2OS. The summed E-state index contributed by atoms with van der Waals surface area (Å²) in [5.41, 5.74) is 0. The fourth-order valence-corrected chi connectivity index (χ4v) is 1.97. The van der Waals surface area contributed by atoms with Crippen LogP contribution in [0.4, 0.5) is 0 Å². The highest BCUT2D eigenvalue weighted by Crippen LogP contribution is 2.22. The van der Waals surface area contributed by atoms with Crippen molar-refractivity contribution < 1.29 is 4.74 Å². The largest absolute Gasteiger partial charge is 0.469 e. The maximum atomic E-state index is 5.46. The lowest BCUT2D eigenvalue weighted by Gasteiger charge is -2.08. The molecule has 1 unspecified atom stereocenters. The number of hydrogen-bond donors (Lipinski definition) is 0. The van der Waals surface area contributed by atoms with Crippen molar-refractivity contribution in [3.05, 3.63) is 3.92 Å². The fraction of sp³-hybridized carbons (Fsp3) is 0.750. The van der Waals surface area contributed by atoms with Crippen LogP contribution in [0, 0.1) is 5.92 Å². The van der Waals surface area contributed by atoms with Crippen LogP contribution in [-0.2, 0) is 0 Å². The highest BCUT2D eigenvalue weighted by atomic mass is 79.9. The van der Waals surface area contributed by atoms with Crippen LogP contribution in [0.15, 0.2) is 3.92 Å². The number of ether oxygens (including phenoxy) is 1. The Hall–Kier alpha value is -0.160. The zero-order valence-electron chi connectivity index (χ0n) is 7.79. The van der Waals surface area contributed by atoms with Crippen molar-refractivity contribution in [2.24, 2.45) is 5.92 Å². The molecule has 1 aromatic rings. The molecule has 1 heterocycles. The van der Waals surface area contributed by atoms with E-state index in [1.807, 2.05) is 0 Å². The molecular weight excluding hydrogens is 252 g/mol. The van der Waals surface area contributed by atoms with Crippen molar-refractivity contribution in [1.29, 1.82) is 0 Å². The first-order valence-corrected chi connectivity index (χ1v) is 5.95. The van der Waals surface area contributed by atoms with Crippen LogP contribution in [-0.4, -0.2) is 16.8 Å². The van der Waals surface area contributed by atoms with Gasteiger partial charge in [0.2, 0.25) is 0 Å². The lowest BCUT2D eigenvalue weighted by atomic mass is 10.1. The third kappa shape index (κ3) is 4.04. The molecule has 0 aliphatic carbocycles. The summed E-state index contributed by atoms with van der Waals surface area (Å²) in [6, 6.07) is 0. The van der Waals surface area contributed by atoms with Crippen molar-refractivity contribution >= 4 is 27.3 Å². The van der Waals surface area contributed by atoms with E-state index < -0.39 is 0 Å². The predicted molar refractivity (Wildman–Crippen MR) is 57.2 cm³/mol. The van der Waals surface area contributed by atoms with Crippen LogP contribution in [0.5, 0.6) is 5.19 Å². The van der Waals surface area contributed by atoms with E-state index >= 15 is 0 Å². The minimum absolute atomic E-state index is 0.590. The maximum absolute atomic E-state index is 5.46. The molecule has 5 heteroatoms. The van der Waals surface area contributed by atoms with E-state index in [4.69, 9.17) is 4.74 Å². The number of aromatic nitrogens is 2. The Morgan fingerprint density at radius 1 is 1.54 bits per heavy atom. The van der Waals surface area contributed by atoms with Gasteiger partial charge in [0.1, 0.15) is 0 Å². The number of rotatable bonds is 5. The summed E-state index contributed by atoms with van der Waals surface area (Å²) in [6.45, 7) is 5.09. The molecule has 0 aliphatic heterocycles. The summed E-state index contributed by atoms with van der Waals surface area (Å²) in [5, 5.41) is 8.30. The number of hydrogen-bond acceptors (Lipinski definition) is 4. The Morgan fingerprint density at radius 3 is 2.85 bits per heavy atom. The molecule has 0 aliphatic rings. The molecule has 0 saturated carbocycles. The fourth-order valence-electron chi connectivity index (χ4n) is 1.04. The molecule has 1 aromatic heterocycles. The zero-order chi connectivity index (χ0) is 9.68. The van der Waals surface area contributed by atoms with Crippen molar-refractivity contribution in [2.45, 2.75) is 26.7 Å². The van der Waals surface area contributed by atoms with E-state index in [1.54, 1.807) is 0 Å². The Balaban J connectivity index is 2.26. The predicted octanol–water partition coefficient (Wildman–Crippen LogP) is 3.12. The Morgan fingerprint density at radius 2 is 2.31 bits per heavy atom. The molecule has 13 heavy (non-hydrogen) atoms. The molecule has 74 valence electrons. The number of nitrogens with zero attached hydrogens (tertiary/aromatic N) is 2. The van der Waals surface area contributed by atoms with Gasteiger partial charge in [-0.15, -0.1) is 5.10 Å². The van der Waals surface area contributed by atoms with Crippen LogP contribution in [0.2, 0.25) is 0 Å². The van der Waals surface area contributed by atoms with E-state index in [0.717, 1.165) is 10.5 Å². The SMILES string of the molecule is CCCC(C)COc1nnc(Br)s1. The monoisotopic (exact) mass is 264 g/mol. The van der Waals surface area contributed by atoms with Crippen LogP contribution in [0.1, 0.15) is 26.7 Å². The smallest absolute Gasteiger partial charge is 0.294 e. The van der Waals surface area contributed by atoms with Crippen LogP contribution >= 0.6 is 27.3 Å². The van der Waals surface area contributed by atoms with E-state index in [1.165, 1.54) is 24.2 Å². The molecule has 0 radical (unpaired) electrons. The summed E-state index contributed by atoms with van der Waals surface area (Å²) in [6.07, 6.45) is 2.39. The summed E-state index contributed by atoms with van der Waals surface area (Å²) in [5.74, 6) is 0.590. The topological polar surface area (TPSA) is 35.0 Å². The van der Waals surface area contributed by atoms with E-state index in [2.05, 4.69) is 40.0 Å².